The van der Waals surface area contributed by atoms with Crippen molar-refractivity contribution in [2.45, 2.75) is 19.8 Å². The maximum absolute atomic E-state index is 11.4. The molecular formula is C14H16N2OS. The summed E-state index contributed by atoms with van der Waals surface area (Å²) in [6.07, 6.45) is 1.95. The number of hydrogen-bond donors (Lipinski definition) is 0. The monoisotopic (exact) mass is 260 g/mol. The molecule has 1 aliphatic rings. The number of nitrogens with zero attached hydrogens (tertiary/aromatic N) is 2. The van der Waals surface area contributed by atoms with Crippen LogP contribution < -0.4 is 4.90 Å². The molecule has 2 aromatic rings. The van der Waals surface area contributed by atoms with Crippen molar-refractivity contribution in [2.24, 2.45) is 5.92 Å². The molecule has 0 radical (unpaired) electrons. The Labute approximate surface area is 111 Å². The third-order valence-electron chi connectivity index (χ3n) is 3.72. The lowest BCUT2D eigenvalue weighted by Gasteiger charge is -2.31. The van der Waals surface area contributed by atoms with Gasteiger partial charge < -0.3 is 4.90 Å². The summed E-state index contributed by atoms with van der Waals surface area (Å²) in [6, 6.07) is 8.26. The number of piperidine rings is 1. The van der Waals surface area contributed by atoms with Crippen LogP contribution in [0, 0.1) is 5.92 Å². The number of carbonyl (C=O) groups is 1. The number of fused-ring (bicyclic) bond motifs is 1. The topological polar surface area (TPSA) is 33.2 Å². The van der Waals surface area contributed by atoms with Crippen molar-refractivity contribution < 1.29 is 4.79 Å². The maximum atomic E-state index is 11.4. The van der Waals surface area contributed by atoms with E-state index in [1.54, 1.807) is 18.5 Å². The Kier molecular flexibility index (Phi) is 3.04. The van der Waals surface area contributed by atoms with Crippen molar-refractivity contribution in [1.29, 1.82) is 0 Å². The molecule has 0 bridgehead atoms. The van der Waals surface area contributed by atoms with Crippen LogP contribution in [-0.2, 0) is 4.79 Å². The number of hydrogen-bond acceptors (Lipinski definition) is 4. The molecule has 1 aromatic heterocycles. The normalized spacial score (nSPS) is 17.3. The second-order valence-corrected chi connectivity index (χ2v) is 5.63. The molecule has 0 spiro atoms. The number of Topliss-reactive ketones (excluding diaryl/α,β-unsaturated/α-hetero) is 1. The van der Waals surface area contributed by atoms with E-state index in [0.29, 0.717) is 5.78 Å². The van der Waals surface area contributed by atoms with E-state index in [2.05, 4.69) is 27.5 Å². The number of rotatable bonds is 2. The van der Waals surface area contributed by atoms with Crippen molar-refractivity contribution in [3.8, 4) is 0 Å². The summed E-state index contributed by atoms with van der Waals surface area (Å²) >= 11 is 1.57. The second kappa shape index (κ2) is 4.69. The van der Waals surface area contributed by atoms with Crippen LogP contribution in [0.15, 0.2) is 24.3 Å². The quantitative estimate of drug-likeness (QED) is 0.832. The highest BCUT2D eigenvalue weighted by Gasteiger charge is 2.24. The van der Waals surface area contributed by atoms with Gasteiger partial charge in [0.1, 0.15) is 10.8 Å². The summed E-state index contributed by atoms with van der Waals surface area (Å²) in [5.41, 5.74) is 1.08. The third kappa shape index (κ3) is 2.01. The summed E-state index contributed by atoms with van der Waals surface area (Å²) in [4.78, 5) is 13.8. The Morgan fingerprint density at radius 2 is 2.06 bits per heavy atom. The lowest BCUT2D eigenvalue weighted by molar-refractivity contribution is -0.121. The summed E-state index contributed by atoms with van der Waals surface area (Å²) < 4.78 is 4.48. The summed E-state index contributed by atoms with van der Waals surface area (Å²) in [6.45, 7) is 3.65. The van der Waals surface area contributed by atoms with Gasteiger partial charge in [0.2, 0.25) is 0 Å². The first-order valence-corrected chi connectivity index (χ1v) is 7.13. The smallest absolute Gasteiger partial charge is 0.133 e. The van der Waals surface area contributed by atoms with Gasteiger partial charge >= 0.3 is 0 Å². The summed E-state index contributed by atoms with van der Waals surface area (Å²) in [5.74, 6) is 0.601. The van der Waals surface area contributed by atoms with Gasteiger partial charge in [-0.2, -0.15) is 4.37 Å². The molecule has 18 heavy (non-hydrogen) atoms. The SMILES string of the molecule is CC(=O)C1CCN(c2snc3ccccc23)CC1. The van der Waals surface area contributed by atoms with Crippen molar-refractivity contribution in [1.82, 2.24) is 4.37 Å². The second-order valence-electron chi connectivity index (χ2n) is 4.88. The fourth-order valence-corrected chi connectivity index (χ4v) is 3.51. The molecule has 0 atom stereocenters. The number of ketones is 1. The molecule has 0 saturated carbocycles. The van der Waals surface area contributed by atoms with Crippen LogP contribution in [0.25, 0.3) is 10.9 Å². The molecule has 1 aliphatic heterocycles. The first-order valence-electron chi connectivity index (χ1n) is 6.35. The zero-order valence-electron chi connectivity index (χ0n) is 10.4. The van der Waals surface area contributed by atoms with Gasteiger partial charge in [0.25, 0.3) is 0 Å². The highest BCUT2D eigenvalue weighted by molar-refractivity contribution is 7.11. The Morgan fingerprint density at radius 3 is 2.78 bits per heavy atom. The minimum atomic E-state index is 0.264. The standard InChI is InChI=1S/C14H16N2OS/c1-10(17)11-6-8-16(9-7-11)14-12-4-2-3-5-13(12)15-18-14/h2-5,11H,6-9H2,1H3. The fraction of sp³-hybridized carbons (Fsp3) is 0.429. The van der Waals surface area contributed by atoms with Gasteiger partial charge in [-0.05, 0) is 43.4 Å². The maximum Gasteiger partial charge on any atom is 0.133 e. The van der Waals surface area contributed by atoms with Crippen LogP contribution in [-0.4, -0.2) is 23.2 Å². The Morgan fingerprint density at radius 1 is 1.33 bits per heavy atom. The summed E-state index contributed by atoms with van der Waals surface area (Å²) in [7, 11) is 0. The van der Waals surface area contributed by atoms with Gasteiger partial charge in [-0.25, -0.2) is 0 Å². The van der Waals surface area contributed by atoms with E-state index in [9.17, 15) is 4.79 Å². The molecule has 1 saturated heterocycles. The first-order chi connectivity index (χ1) is 8.75. The molecule has 0 amide bonds. The number of anilines is 1. The molecule has 1 aromatic carbocycles. The van der Waals surface area contributed by atoms with Crippen LogP contribution >= 0.6 is 11.5 Å². The van der Waals surface area contributed by atoms with Gasteiger partial charge in [0, 0.05) is 24.4 Å². The van der Waals surface area contributed by atoms with Crippen LogP contribution in [0.2, 0.25) is 0 Å². The van der Waals surface area contributed by atoms with E-state index in [4.69, 9.17) is 0 Å². The van der Waals surface area contributed by atoms with E-state index < -0.39 is 0 Å². The Balaban J connectivity index is 1.82. The van der Waals surface area contributed by atoms with Crippen LogP contribution in [0.4, 0.5) is 5.00 Å². The van der Waals surface area contributed by atoms with Crippen LogP contribution in [0.1, 0.15) is 19.8 Å². The Hall–Kier alpha value is -1.42. The zero-order chi connectivity index (χ0) is 12.5. The highest BCUT2D eigenvalue weighted by Crippen LogP contribution is 2.33. The predicted molar refractivity (Wildman–Crippen MR) is 75.2 cm³/mol. The van der Waals surface area contributed by atoms with Crippen LogP contribution in [0.5, 0.6) is 0 Å². The van der Waals surface area contributed by atoms with Gasteiger partial charge in [0.15, 0.2) is 0 Å². The fourth-order valence-electron chi connectivity index (χ4n) is 2.59. The molecule has 2 heterocycles. The van der Waals surface area contributed by atoms with E-state index in [-0.39, 0.29) is 5.92 Å². The third-order valence-corrected chi connectivity index (χ3v) is 4.66. The molecule has 3 nitrogen and oxygen atoms in total. The molecule has 0 unspecified atom stereocenters. The van der Waals surface area contributed by atoms with Crippen molar-refractivity contribution in [2.75, 3.05) is 18.0 Å². The zero-order valence-corrected chi connectivity index (χ0v) is 11.2. The highest BCUT2D eigenvalue weighted by atomic mass is 32.1. The molecule has 0 N–H and O–H groups in total. The molecular weight excluding hydrogens is 244 g/mol. The van der Waals surface area contributed by atoms with E-state index in [0.717, 1.165) is 31.4 Å². The lowest BCUT2D eigenvalue weighted by atomic mass is 9.93. The number of aromatic nitrogens is 1. The molecule has 3 rings (SSSR count). The number of carbonyl (C=O) groups excluding carboxylic acids is 1. The predicted octanol–water partition coefficient (Wildman–Crippen LogP) is 3.10. The van der Waals surface area contributed by atoms with Crippen molar-refractivity contribution >= 4 is 33.2 Å². The number of benzene rings is 1. The van der Waals surface area contributed by atoms with Crippen LogP contribution in [0.3, 0.4) is 0 Å². The molecule has 4 heteroatoms. The Bertz CT molecular complexity index is 570. The molecule has 0 aliphatic carbocycles. The minimum absolute atomic E-state index is 0.264. The van der Waals surface area contributed by atoms with E-state index >= 15 is 0 Å². The van der Waals surface area contributed by atoms with Crippen molar-refractivity contribution in [3.05, 3.63) is 24.3 Å². The average Bonchev–Trinajstić information content (AvgIpc) is 2.82. The van der Waals surface area contributed by atoms with Crippen molar-refractivity contribution in [3.63, 3.8) is 0 Å². The first kappa shape index (κ1) is 11.7. The lowest BCUT2D eigenvalue weighted by Crippen LogP contribution is -2.35. The van der Waals surface area contributed by atoms with Gasteiger partial charge in [0.05, 0.1) is 5.52 Å². The van der Waals surface area contributed by atoms with Gasteiger partial charge in [-0.3, -0.25) is 4.79 Å². The van der Waals surface area contributed by atoms with E-state index in [1.165, 1.54) is 10.4 Å². The largest absolute Gasteiger partial charge is 0.362 e. The molecule has 1 fully saturated rings. The summed E-state index contributed by atoms with van der Waals surface area (Å²) in [5, 5.41) is 2.50. The molecule has 94 valence electrons. The van der Waals surface area contributed by atoms with E-state index in [1.807, 2.05) is 6.07 Å². The average molecular weight is 260 g/mol. The minimum Gasteiger partial charge on any atom is -0.362 e. The van der Waals surface area contributed by atoms with Gasteiger partial charge in [-0.15, -0.1) is 0 Å². The van der Waals surface area contributed by atoms with Gasteiger partial charge in [-0.1, -0.05) is 12.1 Å².